The highest BCUT2D eigenvalue weighted by Gasteiger charge is 2.13. The molecule has 0 radical (unpaired) electrons. The van der Waals surface area contributed by atoms with Crippen LogP contribution in [-0.4, -0.2) is 27.0 Å². The maximum absolute atomic E-state index is 12.7. The van der Waals surface area contributed by atoms with Gasteiger partial charge in [-0.25, -0.2) is 17.2 Å². The highest BCUT2D eigenvalue weighted by atomic mass is 32.2. The third-order valence-electron chi connectivity index (χ3n) is 2.32. The Morgan fingerprint density at radius 3 is 2.61 bits per heavy atom. The highest BCUT2D eigenvalue weighted by molar-refractivity contribution is 7.90. The van der Waals surface area contributed by atoms with Gasteiger partial charge in [-0.05, 0) is 24.6 Å². The third kappa shape index (κ3) is 4.87. The Morgan fingerprint density at radius 2 is 2.06 bits per heavy atom. The molecule has 0 spiro atoms. The molecule has 0 aliphatic heterocycles. The van der Waals surface area contributed by atoms with E-state index < -0.39 is 16.3 Å². The second kappa shape index (κ2) is 5.99. The lowest BCUT2D eigenvalue weighted by atomic mass is 10.1. The number of alkyl halides is 2. The van der Waals surface area contributed by atoms with Crippen molar-refractivity contribution in [3.05, 3.63) is 23.8 Å². The molecule has 1 aromatic carbocycles. The summed E-state index contributed by atoms with van der Waals surface area (Å²) in [6.45, 7) is 0.316. The Morgan fingerprint density at radius 1 is 1.39 bits per heavy atom. The van der Waals surface area contributed by atoms with Crippen molar-refractivity contribution in [1.29, 1.82) is 0 Å². The van der Waals surface area contributed by atoms with E-state index in [0.717, 1.165) is 6.26 Å². The lowest BCUT2D eigenvalue weighted by molar-refractivity contribution is 0.152. The van der Waals surface area contributed by atoms with E-state index >= 15 is 0 Å². The van der Waals surface area contributed by atoms with E-state index in [1.165, 1.54) is 18.2 Å². The second-order valence-corrected chi connectivity index (χ2v) is 6.32. The molecule has 0 fully saturated rings. The van der Waals surface area contributed by atoms with Crippen LogP contribution in [-0.2, 0) is 9.84 Å². The number of halogens is 2. The van der Waals surface area contributed by atoms with Gasteiger partial charge in [0.2, 0.25) is 0 Å². The van der Waals surface area contributed by atoms with Gasteiger partial charge in [0.1, 0.15) is 9.84 Å². The number of anilines is 2. The molecular weight excluding hydrogens is 262 g/mol. The normalized spacial score (nSPS) is 11.8. The maximum Gasteiger partial charge on any atom is 0.265 e. The molecule has 1 aromatic rings. The number of nitrogens with one attached hydrogen (secondary N) is 1. The van der Waals surface area contributed by atoms with Crippen LogP contribution in [0, 0.1) is 0 Å². The van der Waals surface area contributed by atoms with Crippen LogP contribution < -0.4 is 11.1 Å². The summed E-state index contributed by atoms with van der Waals surface area (Å²) in [7, 11) is -3.02. The van der Waals surface area contributed by atoms with E-state index in [1.54, 1.807) is 0 Å². The van der Waals surface area contributed by atoms with Crippen molar-refractivity contribution >= 4 is 21.2 Å². The smallest absolute Gasteiger partial charge is 0.265 e. The number of nitrogen functional groups attached to an aromatic ring is 1. The van der Waals surface area contributed by atoms with Crippen LogP contribution in [0.1, 0.15) is 18.4 Å². The molecule has 4 nitrogen and oxygen atoms in total. The average molecular weight is 278 g/mol. The summed E-state index contributed by atoms with van der Waals surface area (Å²) >= 11 is 0. The fourth-order valence-corrected chi connectivity index (χ4v) is 2.15. The Bertz CT molecular complexity index is 504. The van der Waals surface area contributed by atoms with Crippen molar-refractivity contribution in [2.24, 2.45) is 0 Å². The molecule has 0 heterocycles. The Balaban J connectivity index is 2.62. The van der Waals surface area contributed by atoms with E-state index in [-0.39, 0.29) is 22.7 Å². The zero-order valence-corrected chi connectivity index (χ0v) is 10.8. The first-order chi connectivity index (χ1) is 8.29. The van der Waals surface area contributed by atoms with Gasteiger partial charge in [0.05, 0.1) is 5.75 Å². The molecule has 0 saturated heterocycles. The summed E-state index contributed by atoms with van der Waals surface area (Å²) in [4.78, 5) is 0. The minimum absolute atomic E-state index is 0.0268. The summed E-state index contributed by atoms with van der Waals surface area (Å²) in [6.07, 6.45) is -1.11. The van der Waals surface area contributed by atoms with Gasteiger partial charge in [0, 0.05) is 29.7 Å². The van der Waals surface area contributed by atoms with Crippen LogP contribution in [0.25, 0.3) is 0 Å². The first kappa shape index (κ1) is 14.7. The summed E-state index contributed by atoms with van der Waals surface area (Å²) in [6, 6.07) is 4.20. The second-order valence-electron chi connectivity index (χ2n) is 4.06. The van der Waals surface area contributed by atoms with Crippen LogP contribution in [0.2, 0.25) is 0 Å². The van der Waals surface area contributed by atoms with Crippen LogP contribution >= 0.6 is 0 Å². The zero-order chi connectivity index (χ0) is 13.8. The van der Waals surface area contributed by atoms with Crippen molar-refractivity contribution in [3.63, 3.8) is 0 Å². The molecule has 0 bridgehead atoms. The number of rotatable bonds is 6. The van der Waals surface area contributed by atoms with E-state index in [0.29, 0.717) is 13.0 Å². The standard InChI is InChI=1S/C11H16F2N2O2S/c1-18(16,17)6-2-5-15-10-4-3-8(14)7-9(10)11(12)13/h3-4,7,11,15H,2,5-6,14H2,1H3. The van der Waals surface area contributed by atoms with Crippen molar-refractivity contribution < 1.29 is 17.2 Å². The number of hydrogen-bond donors (Lipinski definition) is 2. The fraction of sp³-hybridized carbons (Fsp3) is 0.455. The lowest BCUT2D eigenvalue weighted by Crippen LogP contribution is -2.11. The molecule has 1 rings (SSSR count). The molecule has 7 heteroatoms. The molecule has 0 atom stereocenters. The minimum atomic E-state index is -3.02. The zero-order valence-electron chi connectivity index (χ0n) is 9.99. The Hall–Kier alpha value is -1.37. The van der Waals surface area contributed by atoms with E-state index in [4.69, 9.17) is 5.73 Å². The molecule has 102 valence electrons. The van der Waals surface area contributed by atoms with Crippen molar-refractivity contribution in [1.82, 2.24) is 0 Å². The number of benzene rings is 1. The van der Waals surface area contributed by atoms with Crippen molar-refractivity contribution in [2.45, 2.75) is 12.8 Å². The first-order valence-electron chi connectivity index (χ1n) is 5.39. The van der Waals surface area contributed by atoms with E-state index in [9.17, 15) is 17.2 Å². The summed E-state index contributed by atoms with van der Waals surface area (Å²) in [5.41, 5.74) is 5.82. The number of nitrogens with two attached hydrogens (primary N) is 1. The van der Waals surface area contributed by atoms with Gasteiger partial charge >= 0.3 is 0 Å². The predicted molar refractivity (Wildman–Crippen MR) is 68.6 cm³/mol. The molecule has 18 heavy (non-hydrogen) atoms. The number of hydrogen-bond acceptors (Lipinski definition) is 4. The summed E-state index contributed by atoms with van der Waals surface area (Å²) in [5, 5.41) is 2.79. The summed E-state index contributed by atoms with van der Waals surface area (Å²) < 4.78 is 47.2. The van der Waals surface area contributed by atoms with Gasteiger partial charge in [-0.1, -0.05) is 0 Å². The highest BCUT2D eigenvalue weighted by Crippen LogP contribution is 2.28. The Labute approximate surface area is 105 Å². The Kier molecular flexibility index (Phi) is 4.89. The molecule has 0 unspecified atom stereocenters. The quantitative estimate of drug-likeness (QED) is 0.617. The third-order valence-corrected chi connectivity index (χ3v) is 3.35. The van der Waals surface area contributed by atoms with Gasteiger partial charge < -0.3 is 11.1 Å². The molecule has 3 N–H and O–H groups in total. The maximum atomic E-state index is 12.7. The molecular formula is C11H16F2N2O2S. The van der Waals surface area contributed by atoms with Crippen molar-refractivity contribution in [2.75, 3.05) is 29.6 Å². The molecule has 0 saturated carbocycles. The molecule has 0 amide bonds. The minimum Gasteiger partial charge on any atom is -0.399 e. The topological polar surface area (TPSA) is 72.2 Å². The van der Waals surface area contributed by atoms with Gasteiger partial charge in [-0.3, -0.25) is 0 Å². The predicted octanol–water partition coefficient (Wildman–Crippen LogP) is 2.05. The number of sulfone groups is 1. The SMILES string of the molecule is CS(=O)(=O)CCCNc1ccc(N)cc1C(F)F. The van der Waals surface area contributed by atoms with Crippen molar-refractivity contribution in [3.8, 4) is 0 Å². The summed E-state index contributed by atoms with van der Waals surface area (Å²) in [5.74, 6) is 0.0268. The molecule has 0 aromatic heterocycles. The van der Waals surface area contributed by atoms with E-state index in [2.05, 4.69) is 5.32 Å². The van der Waals surface area contributed by atoms with Crippen LogP contribution in [0.15, 0.2) is 18.2 Å². The van der Waals surface area contributed by atoms with Gasteiger partial charge in [-0.2, -0.15) is 0 Å². The first-order valence-corrected chi connectivity index (χ1v) is 7.45. The van der Waals surface area contributed by atoms with Gasteiger partial charge in [-0.15, -0.1) is 0 Å². The van der Waals surface area contributed by atoms with Crippen LogP contribution in [0.3, 0.4) is 0 Å². The van der Waals surface area contributed by atoms with Crippen LogP contribution in [0.5, 0.6) is 0 Å². The fourth-order valence-electron chi connectivity index (χ4n) is 1.48. The lowest BCUT2D eigenvalue weighted by Gasteiger charge is -2.12. The van der Waals surface area contributed by atoms with E-state index in [1.807, 2.05) is 0 Å². The molecule has 0 aliphatic carbocycles. The largest absolute Gasteiger partial charge is 0.399 e. The van der Waals surface area contributed by atoms with Gasteiger partial charge in [0.25, 0.3) is 6.43 Å². The monoisotopic (exact) mass is 278 g/mol. The van der Waals surface area contributed by atoms with Crippen LogP contribution in [0.4, 0.5) is 20.2 Å². The average Bonchev–Trinajstić information content (AvgIpc) is 2.24. The molecule has 0 aliphatic rings. The van der Waals surface area contributed by atoms with Gasteiger partial charge in [0.15, 0.2) is 0 Å².